The Morgan fingerprint density at radius 3 is 2.42 bits per heavy atom. The summed E-state index contributed by atoms with van der Waals surface area (Å²) in [5.41, 5.74) is -0.0298. The summed E-state index contributed by atoms with van der Waals surface area (Å²) in [6, 6.07) is 0.475. The van der Waals surface area contributed by atoms with Gasteiger partial charge in [-0.25, -0.2) is 0 Å². The van der Waals surface area contributed by atoms with Gasteiger partial charge in [0.25, 0.3) is 0 Å². The molecule has 1 saturated carbocycles. The van der Waals surface area contributed by atoms with Crippen LogP contribution in [-0.4, -0.2) is 36.9 Å². The number of ether oxygens (including phenoxy) is 1. The number of esters is 1. The lowest BCUT2D eigenvalue weighted by Crippen LogP contribution is -2.42. The van der Waals surface area contributed by atoms with Gasteiger partial charge >= 0.3 is 5.97 Å². The van der Waals surface area contributed by atoms with E-state index in [1.807, 2.05) is 6.92 Å². The Balaban J connectivity index is 2.29. The molecule has 4 nitrogen and oxygen atoms in total. The highest BCUT2D eigenvalue weighted by atomic mass is 16.5. The number of carbonyl (C=O) groups excluding carboxylic acids is 1. The highest BCUT2D eigenvalue weighted by Gasteiger charge is 2.28. The van der Waals surface area contributed by atoms with Gasteiger partial charge in [-0.3, -0.25) is 4.79 Å². The molecule has 1 aliphatic carbocycles. The number of hydrogen-bond acceptors (Lipinski definition) is 4. The zero-order valence-corrected chi connectivity index (χ0v) is 12.6. The maximum Gasteiger partial charge on any atom is 0.308 e. The zero-order chi connectivity index (χ0) is 14.3. The summed E-state index contributed by atoms with van der Waals surface area (Å²) in [4.78, 5) is 11.6. The first-order valence-electron chi connectivity index (χ1n) is 7.55. The molecule has 4 heteroatoms. The van der Waals surface area contributed by atoms with Crippen molar-refractivity contribution in [1.82, 2.24) is 5.32 Å². The normalized spacial score (nSPS) is 26.7. The average molecular weight is 271 g/mol. The molecule has 1 unspecified atom stereocenters. The second-order valence-electron chi connectivity index (χ2n) is 6.00. The summed E-state index contributed by atoms with van der Waals surface area (Å²) in [6.45, 7) is 7.59. The molecule has 0 bridgehead atoms. The van der Waals surface area contributed by atoms with E-state index in [-0.39, 0.29) is 23.9 Å². The lowest BCUT2D eigenvalue weighted by Gasteiger charge is -2.32. The van der Waals surface area contributed by atoms with Gasteiger partial charge in [0.2, 0.25) is 0 Å². The molecule has 0 spiro atoms. The fraction of sp³-hybridized carbons (Fsp3) is 0.933. The molecule has 1 aliphatic rings. The summed E-state index contributed by atoms with van der Waals surface area (Å²) < 4.78 is 5.07. The van der Waals surface area contributed by atoms with Crippen molar-refractivity contribution in [2.24, 2.45) is 11.3 Å². The first-order chi connectivity index (χ1) is 9.04. The monoisotopic (exact) mass is 271 g/mol. The SMILES string of the molecule is CCOC(=O)C1CCC(NCC(C)(CC)CO)CC1. The van der Waals surface area contributed by atoms with E-state index in [4.69, 9.17) is 4.74 Å². The minimum atomic E-state index is -0.0327. The van der Waals surface area contributed by atoms with E-state index in [1.54, 1.807) is 0 Å². The molecule has 0 aliphatic heterocycles. The van der Waals surface area contributed by atoms with Crippen molar-refractivity contribution in [1.29, 1.82) is 0 Å². The van der Waals surface area contributed by atoms with E-state index >= 15 is 0 Å². The van der Waals surface area contributed by atoms with Crippen molar-refractivity contribution in [3.05, 3.63) is 0 Å². The number of carbonyl (C=O) groups is 1. The highest BCUT2D eigenvalue weighted by Crippen LogP contribution is 2.26. The maximum atomic E-state index is 11.6. The summed E-state index contributed by atoms with van der Waals surface area (Å²) in [6.07, 6.45) is 4.84. The van der Waals surface area contributed by atoms with Crippen LogP contribution in [0, 0.1) is 11.3 Å². The van der Waals surface area contributed by atoms with Gasteiger partial charge in [0.15, 0.2) is 0 Å². The van der Waals surface area contributed by atoms with Gasteiger partial charge < -0.3 is 15.2 Å². The lowest BCUT2D eigenvalue weighted by atomic mass is 9.84. The summed E-state index contributed by atoms with van der Waals surface area (Å²) in [7, 11) is 0. The van der Waals surface area contributed by atoms with E-state index in [2.05, 4.69) is 19.2 Å². The standard InChI is InChI=1S/C15H29NO3/c1-4-15(3,11-17)10-16-13-8-6-12(7-9-13)14(18)19-5-2/h12-13,16-17H,4-11H2,1-3H3. The van der Waals surface area contributed by atoms with Crippen molar-refractivity contribution in [2.75, 3.05) is 19.8 Å². The molecule has 112 valence electrons. The molecular formula is C15H29NO3. The molecule has 0 heterocycles. The summed E-state index contributed by atoms with van der Waals surface area (Å²) >= 11 is 0. The van der Waals surface area contributed by atoms with Crippen LogP contribution in [0.1, 0.15) is 52.9 Å². The molecule has 0 radical (unpaired) electrons. The molecule has 0 aromatic carbocycles. The summed E-state index contributed by atoms with van der Waals surface area (Å²) in [5, 5.41) is 12.9. The van der Waals surface area contributed by atoms with Crippen LogP contribution < -0.4 is 5.32 Å². The van der Waals surface area contributed by atoms with Crippen LogP contribution in [0.15, 0.2) is 0 Å². The Morgan fingerprint density at radius 1 is 1.32 bits per heavy atom. The van der Waals surface area contributed by atoms with Crippen molar-refractivity contribution >= 4 is 5.97 Å². The lowest BCUT2D eigenvalue weighted by molar-refractivity contribution is -0.149. The number of aliphatic hydroxyl groups excluding tert-OH is 1. The third kappa shape index (κ3) is 5.11. The van der Waals surface area contributed by atoms with Crippen LogP contribution in [0.25, 0.3) is 0 Å². The molecule has 1 rings (SSSR count). The molecule has 19 heavy (non-hydrogen) atoms. The van der Waals surface area contributed by atoms with Gasteiger partial charge in [0, 0.05) is 24.6 Å². The van der Waals surface area contributed by atoms with Crippen LogP contribution in [0.2, 0.25) is 0 Å². The maximum absolute atomic E-state index is 11.6. The minimum Gasteiger partial charge on any atom is -0.466 e. The molecule has 1 fully saturated rings. The third-order valence-electron chi connectivity index (χ3n) is 4.40. The Bertz CT molecular complexity index is 269. The Morgan fingerprint density at radius 2 is 1.95 bits per heavy atom. The van der Waals surface area contributed by atoms with E-state index in [1.165, 1.54) is 0 Å². The first kappa shape index (κ1) is 16.4. The number of nitrogens with one attached hydrogen (secondary N) is 1. The molecule has 0 amide bonds. The molecule has 0 aromatic rings. The summed E-state index contributed by atoms with van der Waals surface area (Å²) in [5.74, 6) is 0.0584. The van der Waals surface area contributed by atoms with Gasteiger partial charge in [-0.15, -0.1) is 0 Å². The second-order valence-corrected chi connectivity index (χ2v) is 6.00. The molecule has 0 saturated heterocycles. The number of hydrogen-bond donors (Lipinski definition) is 2. The Hall–Kier alpha value is -0.610. The average Bonchev–Trinajstić information content (AvgIpc) is 2.45. The molecule has 2 N–H and O–H groups in total. The minimum absolute atomic E-state index is 0.0298. The van der Waals surface area contributed by atoms with Crippen LogP contribution in [-0.2, 0) is 9.53 Å². The predicted octanol–water partition coefficient (Wildman–Crippen LogP) is 2.11. The van der Waals surface area contributed by atoms with E-state index < -0.39 is 0 Å². The smallest absolute Gasteiger partial charge is 0.308 e. The molecule has 1 atom stereocenters. The van der Waals surface area contributed by atoms with Crippen molar-refractivity contribution in [3.63, 3.8) is 0 Å². The fourth-order valence-corrected chi connectivity index (χ4v) is 2.48. The van der Waals surface area contributed by atoms with Gasteiger partial charge in [-0.1, -0.05) is 13.8 Å². The van der Waals surface area contributed by atoms with Crippen molar-refractivity contribution < 1.29 is 14.6 Å². The van der Waals surface area contributed by atoms with E-state index in [0.29, 0.717) is 12.6 Å². The van der Waals surface area contributed by atoms with Crippen LogP contribution in [0.3, 0.4) is 0 Å². The number of rotatable bonds is 7. The molecular weight excluding hydrogens is 242 g/mol. The van der Waals surface area contributed by atoms with E-state index in [9.17, 15) is 9.90 Å². The van der Waals surface area contributed by atoms with Crippen molar-refractivity contribution in [2.45, 2.75) is 58.9 Å². The second kappa shape index (κ2) is 7.85. The number of aliphatic hydroxyl groups is 1. The van der Waals surface area contributed by atoms with Crippen LogP contribution in [0.4, 0.5) is 0 Å². The van der Waals surface area contributed by atoms with Gasteiger partial charge in [-0.05, 0) is 39.0 Å². The predicted molar refractivity (Wildman–Crippen MR) is 75.9 cm³/mol. The Kier molecular flexibility index (Phi) is 6.80. The van der Waals surface area contributed by atoms with Crippen LogP contribution >= 0.6 is 0 Å². The Labute approximate surface area is 116 Å². The quantitative estimate of drug-likeness (QED) is 0.696. The zero-order valence-electron chi connectivity index (χ0n) is 12.6. The third-order valence-corrected chi connectivity index (χ3v) is 4.40. The van der Waals surface area contributed by atoms with Gasteiger partial charge in [-0.2, -0.15) is 0 Å². The largest absolute Gasteiger partial charge is 0.466 e. The first-order valence-corrected chi connectivity index (χ1v) is 7.55. The molecule has 0 aromatic heterocycles. The van der Waals surface area contributed by atoms with E-state index in [0.717, 1.165) is 38.6 Å². The van der Waals surface area contributed by atoms with Crippen molar-refractivity contribution in [3.8, 4) is 0 Å². The van der Waals surface area contributed by atoms with Gasteiger partial charge in [0.05, 0.1) is 12.5 Å². The topological polar surface area (TPSA) is 58.6 Å². The van der Waals surface area contributed by atoms with Crippen LogP contribution in [0.5, 0.6) is 0 Å². The highest BCUT2D eigenvalue weighted by molar-refractivity contribution is 5.72. The fourth-order valence-electron chi connectivity index (χ4n) is 2.48. The van der Waals surface area contributed by atoms with Gasteiger partial charge in [0.1, 0.15) is 0 Å².